The number of ether oxygens (including phenoxy) is 1. The predicted octanol–water partition coefficient (Wildman–Crippen LogP) is 0.581. The van der Waals surface area contributed by atoms with Gasteiger partial charge in [0.15, 0.2) is 0 Å². The molecule has 16 heavy (non-hydrogen) atoms. The number of nitrogens with two attached hydrogens (primary N) is 1. The molecular formula is C11H16N2O3. The van der Waals surface area contributed by atoms with Crippen LogP contribution in [0.1, 0.15) is 0 Å². The summed E-state index contributed by atoms with van der Waals surface area (Å²) >= 11 is 0. The lowest BCUT2D eigenvalue weighted by Gasteiger charge is -2.20. The number of amides is 2. The average molecular weight is 224 g/mol. The number of para-hydroxylation sites is 1. The zero-order valence-electron chi connectivity index (χ0n) is 9.00. The topological polar surface area (TPSA) is 75.8 Å². The maximum absolute atomic E-state index is 11.2. The zero-order valence-corrected chi connectivity index (χ0v) is 9.00. The van der Waals surface area contributed by atoms with Crippen molar-refractivity contribution in [3.63, 3.8) is 0 Å². The molecule has 1 aromatic carbocycles. The maximum Gasteiger partial charge on any atom is 0.319 e. The number of urea groups is 1. The fourth-order valence-electron chi connectivity index (χ4n) is 1.30. The van der Waals surface area contributed by atoms with Gasteiger partial charge < -0.3 is 15.6 Å². The number of hydrogen-bond donors (Lipinski definition) is 2. The van der Waals surface area contributed by atoms with E-state index in [2.05, 4.69) is 0 Å². The number of carbonyl (C=O) groups is 1. The normalized spacial score (nSPS) is 10.1. The molecule has 0 atom stereocenters. The van der Waals surface area contributed by atoms with E-state index in [4.69, 9.17) is 15.6 Å². The lowest BCUT2D eigenvalue weighted by Crippen LogP contribution is -2.38. The molecule has 0 aliphatic carbocycles. The van der Waals surface area contributed by atoms with Crippen LogP contribution in [0.3, 0.4) is 0 Å². The van der Waals surface area contributed by atoms with Crippen LogP contribution in [0, 0.1) is 0 Å². The summed E-state index contributed by atoms with van der Waals surface area (Å²) in [4.78, 5) is 12.6. The first-order valence-electron chi connectivity index (χ1n) is 5.06. The number of nitrogens with zero attached hydrogens (tertiary/aromatic N) is 1. The van der Waals surface area contributed by atoms with Gasteiger partial charge in [-0.2, -0.15) is 0 Å². The third kappa shape index (κ3) is 3.88. The van der Waals surface area contributed by atoms with E-state index < -0.39 is 6.03 Å². The van der Waals surface area contributed by atoms with Gasteiger partial charge in [-0.1, -0.05) is 18.2 Å². The Kier molecular flexibility index (Phi) is 5.31. The molecule has 0 fully saturated rings. The second-order valence-electron chi connectivity index (χ2n) is 3.16. The summed E-state index contributed by atoms with van der Waals surface area (Å²) in [6, 6.07) is 8.62. The van der Waals surface area contributed by atoms with E-state index in [9.17, 15) is 4.79 Å². The van der Waals surface area contributed by atoms with Crippen LogP contribution in [-0.2, 0) is 4.74 Å². The second-order valence-corrected chi connectivity index (χ2v) is 3.16. The van der Waals surface area contributed by atoms with Crippen LogP contribution < -0.4 is 10.6 Å². The number of rotatable bonds is 6. The number of benzene rings is 1. The molecule has 0 unspecified atom stereocenters. The SMILES string of the molecule is NC(=O)N(CCOCCO)c1ccccc1. The van der Waals surface area contributed by atoms with Crippen LogP contribution >= 0.6 is 0 Å². The third-order valence-electron chi connectivity index (χ3n) is 2.03. The molecule has 0 heterocycles. The van der Waals surface area contributed by atoms with Gasteiger partial charge in [0, 0.05) is 5.69 Å². The van der Waals surface area contributed by atoms with Crippen LogP contribution in [0.4, 0.5) is 10.5 Å². The van der Waals surface area contributed by atoms with Crippen LogP contribution in [-0.4, -0.2) is 37.5 Å². The van der Waals surface area contributed by atoms with Crippen LogP contribution in [0.2, 0.25) is 0 Å². The summed E-state index contributed by atoms with van der Waals surface area (Å²) in [6.45, 7) is 0.959. The summed E-state index contributed by atoms with van der Waals surface area (Å²) in [5, 5.41) is 8.53. The van der Waals surface area contributed by atoms with Crippen molar-refractivity contribution in [2.45, 2.75) is 0 Å². The molecule has 0 saturated heterocycles. The molecule has 0 saturated carbocycles. The lowest BCUT2D eigenvalue weighted by molar-refractivity contribution is 0.0972. The summed E-state index contributed by atoms with van der Waals surface area (Å²) in [5.41, 5.74) is 6.00. The summed E-state index contributed by atoms with van der Waals surface area (Å²) in [6.07, 6.45) is 0. The summed E-state index contributed by atoms with van der Waals surface area (Å²) < 4.78 is 5.09. The Morgan fingerprint density at radius 2 is 2.00 bits per heavy atom. The smallest absolute Gasteiger partial charge is 0.319 e. The Morgan fingerprint density at radius 3 is 2.56 bits per heavy atom. The van der Waals surface area contributed by atoms with Gasteiger partial charge in [0.05, 0.1) is 26.4 Å². The number of anilines is 1. The molecule has 0 aliphatic rings. The monoisotopic (exact) mass is 224 g/mol. The van der Waals surface area contributed by atoms with Crippen molar-refractivity contribution < 1.29 is 14.6 Å². The first kappa shape index (κ1) is 12.5. The third-order valence-corrected chi connectivity index (χ3v) is 2.03. The van der Waals surface area contributed by atoms with E-state index in [0.29, 0.717) is 13.2 Å². The van der Waals surface area contributed by atoms with E-state index >= 15 is 0 Å². The molecule has 0 aliphatic heterocycles. The van der Waals surface area contributed by atoms with Gasteiger partial charge in [0.25, 0.3) is 0 Å². The minimum Gasteiger partial charge on any atom is -0.394 e. The van der Waals surface area contributed by atoms with E-state index in [1.807, 2.05) is 18.2 Å². The number of primary amides is 1. The molecule has 0 spiro atoms. The Hall–Kier alpha value is -1.59. The van der Waals surface area contributed by atoms with Crippen LogP contribution in [0.25, 0.3) is 0 Å². The molecule has 0 aromatic heterocycles. The highest BCUT2D eigenvalue weighted by Gasteiger charge is 2.10. The molecule has 5 nitrogen and oxygen atoms in total. The average Bonchev–Trinajstić information content (AvgIpc) is 2.30. The van der Waals surface area contributed by atoms with Crippen molar-refractivity contribution >= 4 is 11.7 Å². The zero-order chi connectivity index (χ0) is 11.8. The van der Waals surface area contributed by atoms with Crippen LogP contribution in [0.15, 0.2) is 30.3 Å². The highest BCUT2D eigenvalue weighted by molar-refractivity contribution is 5.90. The minimum absolute atomic E-state index is 0.0259. The highest BCUT2D eigenvalue weighted by atomic mass is 16.5. The molecule has 0 radical (unpaired) electrons. The molecular weight excluding hydrogens is 208 g/mol. The fraction of sp³-hybridized carbons (Fsp3) is 0.364. The van der Waals surface area contributed by atoms with Crippen molar-refractivity contribution in [1.82, 2.24) is 0 Å². The molecule has 3 N–H and O–H groups in total. The van der Waals surface area contributed by atoms with Crippen molar-refractivity contribution in [3.8, 4) is 0 Å². The van der Waals surface area contributed by atoms with Crippen molar-refractivity contribution in [2.24, 2.45) is 5.73 Å². The van der Waals surface area contributed by atoms with Gasteiger partial charge in [0.2, 0.25) is 0 Å². The van der Waals surface area contributed by atoms with E-state index in [1.54, 1.807) is 12.1 Å². The molecule has 2 amide bonds. The molecule has 0 bridgehead atoms. The predicted molar refractivity (Wildman–Crippen MR) is 61.3 cm³/mol. The largest absolute Gasteiger partial charge is 0.394 e. The summed E-state index contributed by atoms with van der Waals surface area (Å²) in [7, 11) is 0. The van der Waals surface area contributed by atoms with Gasteiger partial charge in [-0.3, -0.25) is 4.90 Å². The lowest BCUT2D eigenvalue weighted by atomic mass is 10.3. The van der Waals surface area contributed by atoms with Gasteiger partial charge in [-0.05, 0) is 12.1 Å². The number of carbonyl (C=O) groups excluding carboxylic acids is 1. The number of aliphatic hydroxyl groups excluding tert-OH is 1. The van der Waals surface area contributed by atoms with Gasteiger partial charge in [-0.25, -0.2) is 4.79 Å². The second kappa shape index (κ2) is 6.81. The van der Waals surface area contributed by atoms with E-state index in [1.165, 1.54) is 4.90 Å². The van der Waals surface area contributed by atoms with Gasteiger partial charge in [-0.15, -0.1) is 0 Å². The molecule has 5 heteroatoms. The van der Waals surface area contributed by atoms with E-state index in [0.717, 1.165) is 5.69 Å². The summed E-state index contributed by atoms with van der Waals surface area (Å²) in [5.74, 6) is 0. The standard InChI is InChI=1S/C11H16N2O3/c12-11(15)13(6-8-16-9-7-14)10-4-2-1-3-5-10/h1-5,14H,6-9H2,(H2,12,15). The first-order valence-corrected chi connectivity index (χ1v) is 5.06. The van der Waals surface area contributed by atoms with Crippen molar-refractivity contribution in [2.75, 3.05) is 31.3 Å². The molecule has 88 valence electrons. The number of aliphatic hydroxyl groups is 1. The van der Waals surface area contributed by atoms with Gasteiger partial charge >= 0.3 is 6.03 Å². The van der Waals surface area contributed by atoms with Crippen molar-refractivity contribution in [1.29, 1.82) is 0 Å². The Morgan fingerprint density at radius 1 is 1.31 bits per heavy atom. The minimum atomic E-state index is -0.515. The quantitative estimate of drug-likeness (QED) is 0.694. The number of hydrogen-bond acceptors (Lipinski definition) is 3. The first-order chi connectivity index (χ1) is 7.75. The van der Waals surface area contributed by atoms with Gasteiger partial charge in [0.1, 0.15) is 0 Å². The fourth-order valence-corrected chi connectivity index (χ4v) is 1.30. The Labute approximate surface area is 94.4 Å². The highest BCUT2D eigenvalue weighted by Crippen LogP contribution is 2.12. The van der Waals surface area contributed by atoms with Crippen LogP contribution in [0.5, 0.6) is 0 Å². The Balaban J connectivity index is 2.52. The Bertz CT molecular complexity index is 316. The van der Waals surface area contributed by atoms with E-state index in [-0.39, 0.29) is 13.2 Å². The molecule has 1 rings (SSSR count). The van der Waals surface area contributed by atoms with Crippen molar-refractivity contribution in [3.05, 3.63) is 30.3 Å². The molecule has 1 aromatic rings. The maximum atomic E-state index is 11.2.